The van der Waals surface area contributed by atoms with Gasteiger partial charge in [0.25, 0.3) is 0 Å². The van der Waals surface area contributed by atoms with Crippen LogP contribution < -0.4 is 10.1 Å². The van der Waals surface area contributed by atoms with Gasteiger partial charge >= 0.3 is 0 Å². The molecule has 2 aromatic carbocycles. The summed E-state index contributed by atoms with van der Waals surface area (Å²) in [4.78, 5) is 14.5. The molecule has 6 heteroatoms. The Kier molecular flexibility index (Phi) is 7.30. The van der Waals surface area contributed by atoms with Gasteiger partial charge in [-0.05, 0) is 51.0 Å². The Hall–Kier alpha value is -2.62. The average Bonchev–Trinajstić information content (AvgIpc) is 3.20. The molecule has 0 saturated heterocycles. The normalized spacial score (nSPS) is 16.5. The van der Waals surface area contributed by atoms with Gasteiger partial charge in [-0.3, -0.25) is 9.69 Å². The Morgan fingerprint density at radius 3 is 2.63 bits per heavy atom. The minimum Gasteiger partial charge on any atom is -0.490 e. The van der Waals surface area contributed by atoms with E-state index in [2.05, 4.69) is 11.4 Å². The van der Waals surface area contributed by atoms with E-state index in [0.29, 0.717) is 19.4 Å². The topological polar surface area (TPSA) is 85.6 Å². The summed E-state index contributed by atoms with van der Waals surface area (Å²) in [5.41, 5.74) is -0.726. The third-order valence-electron chi connectivity index (χ3n) is 5.75. The van der Waals surface area contributed by atoms with Crippen molar-refractivity contribution in [2.75, 3.05) is 19.7 Å². The number of hydrogen-bond donors (Lipinski definition) is 2. The number of rotatable bonds is 9. The molecule has 2 N–H and O–H groups in total. The van der Waals surface area contributed by atoms with E-state index in [0.717, 1.165) is 29.4 Å². The van der Waals surface area contributed by atoms with E-state index >= 15 is 0 Å². The van der Waals surface area contributed by atoms with E-state index in [4.69, 9.17) is 4.74 Å². The van der Waals surface area contributed by atoms with Gasteiger partial charge in [0.2, 0.25) is 5.91 Å². The molecule has 0 spiro atoms. The molecule has 160 valence electrons. The lowest BCUT2D eigenvalue weighted by Gasteiger charge is -2.30. The first-order valence-electron chi connectivity index (χ1n) is 10.7. The number of aliphatic hydroxyl groups excluding tert-OH is 1. The van der Waals surface area contributed by atoms with Gasteiger partial charge in [0, 0.05) is 18.0 Å². The van der Waals surface area contributed by atoms with Gasteiger partial charge in [0.1, 0.15) is 24.0 Å². The molecule has 0 radical (unpaired) electrons. The summed E-state index contributed by atoms with van der Waals surface area (Å²) in [6.45, 7) is 4.57. The highest BCUT2D eigenvalue weighted by atomic mass is 16.5. The molecule has 0 aromatic heterocycles. The highest BCUT2D eigenvalue weighted by Crippen LogP contribution is 2.29. The zero-order valence-corrected chi connectivity index (χ0v) is 17.8. The van der Waals surface area contributed by atoms with Gasteiger partial charge in [-0.25, -0.2) is 0 Å². The van der Waals surface area contributed by atoms with E-state index in [1.165, 1.54) is 0 Å². The number of carbonyl (C=O) groups excluding carboxylic acids is 1. The Labute approximate surface area is 178 Å². The van der Waals surface area contributed by atoms with Crippen molar-refractivity contribution in [3.05, 3.63) is 42.5 Å². The molecule has 30 heavy (non-hydrogen) atoms. The maximum Gasteiger partial charge on any atom is 0.235 e. The Morgan fingerprint density at radius 1 is 1.23 bits per heavy atom. The fourth-order valence-electron chi connectivity index (χ4n) is 4.02. The number of amides is 1. The summed E-state index contributed by atoms with van der Waals surface area (Å²) in [6, 6.07) is 16.2. The number of carbonyl (C=O) groups is 1. The summed E-state index contributed by atoms with van der Waals surface area (Å²) in [6.07, 6.45) is 2.60. The summed E-state index contributed by atoms with van der Waals surface area (Å²) < 4.78 is 5.89. The van der Waals surface area contributed by atoms with Crippen LogP contribution in [0.25, 0.3) is 10.8 Å². The van der Waals surface area contributed by atoms with Gasteiger partial charge in [-0.2, -0.15) is 5.26 Å². The van der Waals surface area contributed by atoms with E-state index in [1.807, 2.05) is 61.2 Å². The highest BCUT2D eigenvalue weighted by molar-refractivity contribution is 5.88. The van der Waals surface area contributed by atoms with Crippen molar-refractivity contribution < 1.29 is 14.6 Å². The van der Waals surface area contributed by atoms with Gasteiger partial charge in [-0.15, -0.1) is 0 Å². The molecule has 0 aliphatic heterocycles. The third kappa shape index (κ3) is 5.50. The summed E-state index contributed by atoms with van der Waals surface area (Å²) >= 11 is 0. The molecular formula is C24H31N3O3. The van der Waals surface area contributed by atoms with Crippen LogP contribution in [0.4, 0.5) is 0 Å². The first-order valence-corrected chi connectivity index (χ1v) is 10.7. The fraction of sp³-hybridized carbons (Fsp3) is 0.500. The maximum atomic E-state index is 12.6. The summed E-state index contributed by atoms with van der Waals surface area (Å²) in [7, 11) is 0. The molecule has 0 bridgehead atoms. The van der Waals surface area contributed by atoms with E-state index in [1.54, 1.807) is 0 Å². The van der Waals surface area contributed by atoms with Crippen LogP contribution in [0, 0.1) is 11.3 Å². The predicted molar refractivity (Wildman–Crippen MR) is 117 cm³/mol. The van der Waals surface area contributed by atoms with E-state index < -0.39 is 11.6 Å². The van der Waals surface area contributed by atoms with Gasteiger partial charge in [0.05, 0.1) is 12.6 Å². The van der Waals surface area contributed by atoms with E-state index in [-0.39, 0.29) is 25.1 Å². The van der Waals surface area contributed by atoms with Crippen LogP contribution in [-0.4, -0.2) is 53.3 Å². The average molecular weight is 410 g/mol. The molecule has 1 aliphatic carbocycles. The zero-order valence-electron chi connectivity index (χ0n) is 17.8. The first kappa shape index (κ1) is 22.1. The number of nitrogens with zero attached hydrogens (tertiary/aromatic N) is 2. The van der Waals surface area contributed by atoms with Crippen LogP contribution in [0.5, 0.6) is 5.75 Å². The summed E-state index contributed by atoms with van der Waals surface area (Å²) in [5, 5.41) is 25.0. The third-order valence-corrected chi connectivity index (χ3v) is 5.75. The molecular weight excluding hydrogens is 378 g/mol. The van der Waals surface area contributed by atoms with Gasteiger partial charge in [-0.1, -0.05) is 36.4 Å². The minimum atomic E-state index is -0.740. The van der Waals surface area contributed by atoms with Gasteiger partial charge in [0.15, 0.2) is 0 Å². The van der Waals surface area contributed by atoms with Crippen LogP contribution in [0.15, 0.2) is 42.5 Å². The maximum absolute atomic E-state index is 12.6. The van der Waals surface area contributed by atoms with Crippen molar-refractivity contribution in [3.8, 4) is 11.8 Å². The minimum absolute atomic E-state index is 0.0737. The van der Waals surface area contributed by atoms with Crippen LogP contribution in [-0.2, 0) is 4.79 Å². The molecule has 1 saturated carbocycles. The summed E-state index contributed by atoms with van der Waals surface area (Å²) in [5.74, 6) is 0.563. The lowest BCUT2D eigenvalue weighted by Crippen LogP contribution is -2.51. The highest BCUT2D eigenvalue weighted by Gasteiger charge is 2.35. The van der Waals surface area contributed by atoms with Crippen molar-refractivity contribution in [1.29, 1.82) is 5.26 Å². The molecule has 1 fully saturated rings. The van der Waals surface area contributed by atoms with Gasteiger partial charge < -0.3 is 15.2 Å². The Balaban J connectivity index is 1.55. The Bertz CT molecular complexity index is 895. The number of benzene rings is 2. The molecule has 1 amide bonds. The second-order valence-electron chi connectivity index (χ2n) is 8.41. The first-order chi connectivity index (χ1) is 14.4. The second kappa shape index (κ2) is 9.92. The van der Waals surface area contributed by atoms with Crippen molar-refractivity contribution in [1.82, 2.24) is 10.2 Å². The second-order valence-corrected chi connectivity index (χ2v) is 8.41. The molecule has 1 aliphatic rings. The molecule has 6 nitrogen and oxygen atoms in total. The van der Waals surface area contributed by atoms with Crippen molar-refractivity contribution in [3.63, 3.8) is 0 Å². The molecule has 1 atom stereocenters. The lowest BCUT2D eigenvalue weighted by molar-refractivity contribution is -0.124. The van der Waals surface area contributed by atoms with Crippen LogP contribution in [0.3, 0.4) is 0 Å². The standard InChI is InChI=1S/C24H31N3O3/c1-18(2)27(15-23(29)26-24(17-25)12-5-6-13-24)14-20(28)16-30-22-11-7-9-19-8-3-4-10-21(19)22/h3-4,7-11,18,20,28H,5-6,12-16H2,1-2H3,(H,26,29)/t20-/m0/s1. The number of aliphatic hydroxyl groups is 1. The van der Waals surface area contributed by atoms with Crippen molar-refractivity contribution >= 4 is 16.7 Å². The smallest absolute Gasteiger partial charge is 0.235 e. The molecule has 0 unspecified atom stereocenters. The fourth-order valence-corrected chi connectivity index (χ4v) is 4.02. The number of fused-ring (bicyclic) bond motifs is 1. The zero-order chi connectivity index (χ0) is 21.6. The molecule has 0 heterocycles. The monoisotopic (exact) mass is 409 g/mol. The largest absolute Gasteiger partial charge is 0.490 e. The molecule has 2 aromatic rings. The quantitative estimate of drug-likeness (QED) is 0.664. The molecule has 3 rings (SSSR count). The number of nitriles is 1. The van der Waals surface area contributed by atoms with Crippen LogP contribution >= 0.6 is 0 Å². The number of nitrogens with one attached hydrogen (secondary N) is 1. The van der Waals surface area contributed by atoms with Crippen molar-refractivity contribution in [2.45, 2.75) is 57.2 Å². The van der Waals surface area contributed by atoms with Crippen LogP contribution in [0.2, 0.25) is 0 Å². The van der Waals surface area contributed by atoms with Crippen molar-refractivity contribution in [2.24, 2.45) is 0 Å². The van der Waals surface area contributed by atoms with Crippen LogP contribution in [0.1, 0.15) is 39.5 Å². The number of hydrogen-bond acceptors (Lipinski definition) is 5. The predicted octanol–water partition coefficient (Wildman–Crippen LogP) is 3.24. The van der Waals surface area contributed by atoms with E-state index in [9.17, 15) is 15.2 Å². The number of ether oxygens (including phenoxy) is 1. The Morgan fingerprint density at radius 2 is 1.93 bits per heavy atom. The SMILES string of the molecule is CC(C)N(CC(=O)NC1(C#N)CCCC1)C[C@H](O)COc1cccc2ccccc12. The lowest BCUT2D eigenvalue weighted by atomic mass is 10.00.